The normalized spacial score (nSPS) is 25.9. The summed E-state index contributed by atoms with van der Waals surface area (Å²) in [5, 5.41) is 2.81. The Kier molecular flexibility index (Phi) is 2.72. The molecule has 1 rings (SSSR count). The van der Waals surface area contributed by atoms with E-state index in [-0.39, 0.29) is 0 Å². The summed E-state index contributed by atoms with van der Waals surface area (Å²) < 4.78 is 39.2. The van der Waals surface area contributed by atoms with Crippen LogP contribution in [0.3, 0.4) is 0 Å². The Morgan fingerprint density at radius 1 is 1.45 bits per heavy atom. The summed E-state index contributed by atoms with van der Waals surface area (Å²) in [5.74, 6) is 0. The molecule has 0 aromatic rings. The summed E-state index contributed by atoms with van der Waals surface area (Å²) in [6.45, 7) is -0.396. The van der Waals surface area contributed by atoms with E-state index in [0.717, 1.165) is 13.0 Å². The number of hydrogen-bond donors (Lipinski definition) is 1. The van der Waals surface area contributed by atoms with Crippen LogP contribution in [0.2, 0.25) is 0 Å². The van der Waals surface area contributed by atoms with E-state index in [1.165, 1.54) is 0 Å². The van der Waals surface area contributed by atoms with Gasteiger partial charge in [0.1, 0.15) is 12.8 Å². The van der Waals surface area contributed by atoms with Crippen LogP contribution in [0, 0.1) is 0 Å². The summed E-state index contributed by atoms with van der Waals surface area (Å²) in [6.07, 6.45) is -3.03. The standard InChI is InChI=1S/C6H10F3NO/c7-6(8,9)4-11-5-2-1-3-10-5/h5,10H,1-4H2. The van der Waals surface area contributed by atoms with Gasteiger partial charge in [0.05, 0.1) is 0 Å². The van der Waals surface area contributed by atoms with Crippen molar-refractivity contribution in [2.45, 2.75) is 25.2 Å². The molecular formula is C6H10F3NO. The molecule has 0 spiro atoms. The molecule has 1 saturated heterocycles. The van der Waals surface area contributed by atoms with Gasteiger partial charge in [0.25, 0.3) is 0 Å². The first-order valence-electron chi connectivity index (χ1n) is 3.50. The predicted octanol–water partition coefficient (Wildman–Crippen LogP) is 1.27. The number of ether oxygens (including phenoxy) is 1. The summed E-state index contributed by atoms with van der Waals surface area (Å²) in [6, 6.07) is 0. The van der Waals surface area contributed by atoms with Gasteiger partial charge >= 0.3 is 6.18 Å². The summed E-state index contributed by atoms with van der Waals surface area (Å²) in [4.78, 5) is 0. The monoisotopic (exact) mass is 169 g/mol. The van der Waals surface area contributed by atoms with Crippen molar-refractivity contribution in [2.75, 3.05) is 13.2 Å². The van der Waals surface area contributed by atoms with E-state index in [0.29, 0.717) is 6.42 Å². The van der Waals surface area contributed by atoms with Gasteiger partial charge in [-0.05, 0) is 19.4 Å². The zero-order valence-electron chi connectivity index (χ0n) is 5.95. The topological polar surface area (TPSA) is 21.3 Å². The van der Waals surface area contributed by atoms with Gasteiger partial charge < -0.3 is 4.74 Å². The largest absolute Gasteiger partial charge is 0.411 e. The minimum Gasteiger partial charge on any atom is -0.354 e. The fourth-order valence-electron chi connectivity index (χ4n) is 0.990. The lowest BCUT2D eigenvalue weighted by atomic mass is 10.4. The molecule has 0 aromatic carbocycles. The Bertz CT molecular complexity index is 119. The molecule has 0 amide bonds. The second kappa shape index (κ2) is 3.40. The third-order valence-corrected chi connectivity index (χ3v) is 1.46. The molecule has 0 saturated carbocycles. The van der Waals surface area contributed by atoms with Crippen molar-refractivity contribution in [3.63, 3.8) is 0 Å². The SMILES string of the molecule is FC(F)(F)COC1CCCN1. The van der Waals surface area contributed by atoms with E-state index in [2.05, 4.69) is 10.1 Å². The predicted molar refractivity (Wildman–Crippen MR) is 33.0 cm³/mol. The van der Waals surface area contributed by atoms with Crippen molar-refractivity contribution in [3.8, 4) is 0 Å². The lowest BCUT2D eigenvalue weighted by molar-refractivity contribution is -0.186. The number of alkyl halides is 3. The first-order valence-corrected chi connectivity index (χ1v) is 3.50. The van der Waals surface area contributed by atoms with Gasteiger partial charge in [0, 0.05) is 0 Å². The molecule has 1 unspecified atom stereocenters. The maximum atomic E-state index is 11.6. The highest BCUT2D eigenvalue weighted by molar-refractivity contribution is 4.65. The van der Waals surface area contributed by atoms with Crippen LogP contribution >= 0.6 is 0 Å². The van der Waals surface area contributed by atoms with Crippen molar-refractivity contribution in [2.24, 2.45) is 0 Å². The summed E-state index contributed by atoms with van der Waals surface area (Å²) >= 11 is 0. The van der Waals surface area contributed by atoms with E-state index >= 15 is 0 Å². The highest BCUT2D eigenvalue weighted by Gasteiger charge is 2.29. The highest BCUT2D eigenvalue weighted by atomic mass is 19.4. The molecule has 0 bridgehead atoms. The van der Waals surface area contributed by atoms with Gasteiger partial charge in [-0.25, -0.2) is 0 Å². The fourth-order valence-corrected chi connectivity index (χ4v) is 0.990. The third-order valence-electron chi connectivity index (χ3n) is 1.46. The van der Waals surface area contributed by atoms with Gasteiger partial charge in [-0.15, -0.1) is 0 Å². The molecule has 1 heterocycles. The molecule has 1 N–H and O–H groups in total. The van der Waals surface area contributed by atoms with E-state index in [9.17, 15) is 13.2 Å². The fraction of sp³-hybridized carbons (Fsp3) is 1.00. The van der Waals surface area contributed by atoms with Crippen molar-refractivity contribution < 1.29 is 17.9 Å². The third kappa shape index (κ3) is 3.57. The Morgan fingerprint density at radius 2 is 2.18 bits per heavy atom. The second-order valence-electron chi connectivity index (χ2n) is 2.51. The zero-order valence-corrected chi connectivity index (χ0v) is 5.95. The Balaban J connectivity index is 2.11. The van der Waals surface area contributed by atoms with Crippen molar-refractivity contribution >= 4 is 0 Å². The minimum atomic E-state index is -4.20. The Labute approximate surface area is 62.7 Å². The van der Waals surface area contributed by atoms with Crippen molar-refractivity contribution in [1.29, 1.82) is 0 Å². The first kappa shape index (κ1) is 8.80. The van der Waals surface area contributed by atoms with Crippen LogP contribution in [0.25, 0.3) is 0 Å². The van der Waals surface area contributed by atoms with Gasteiger partial charge in [0.2, 0.25) is 0 Å². The van der Waals surface area contributed by atoms with E-state index in [1.807, 2.05) is 0 Å². The molecule has 2 nitrogen and oxygen atoms in total. The maximum absolute atomic E-state index is 11.6. The maximum Gasteiger partial charge on any atom is 0.411 e. The molecule has 5 heteroatoms. The number of rotatable bonds is 2. The van der Waals surface area contributed by atoms with Crippen LogP contribution in [-0.2, 0) is 4.74 Å². The molecule has 11 heavy (non-hydrogen) atoms. The van der Waals surface area contributed by atoms with Crippen LogP contribution in [0.4, 0.5) is 13.2 Å². The lowest BCUT2D eigenvalue weighted by Gasteiger charge is -2.13. The number of halogens is 3. The van der Waals surface area contributed by atoms with E-state index in [4.69, 9.17) is 0 Å². The van der Waals surface area contributed by atoms with Gasteiger partial charge in [-0.3, -0.25) is 5.32 Å². The highest BCUT2D eigenvalue weighted by Crippen LogP contribution is 2.17. The molecule has 1 fully saturated rings. The molecule has 1 aliphatic rings. The van der Waals surface area contributed by atoms with Crippen molar-refractivity contribution in [1.82, 2.24) is 5.32 Å². The average molecular weight is 169 g/mol. The quantitative estimate of drug-likeness (QED) is 0.672. The molecule has 0 aromatic heterocycles. The minimum absolute atomic E-state index is 0.392. The van der Waals surface area contributed by atoms with Crippen LogP contribution in [-0.4, -0.2) is 25.6 Å². The molecular weight excluding hydrogens is 159 g/mol. The molecule has 1 atom stereocenters. The molecule has 0 radical (unpaired) electrons. The smallest absolute Gasteiger partial charge is 0.354 e. The summed E-state index contributed by atoms with van der Waals surface area (Å²) in [7, 11) is 0. The molecule has 1 aliphatic heterocycles. The van der Waals surface area contributed by atoms with Gasteiger partial charge in [0.15, 0.2) is 0 Å². The van der Waals surface area contributed by atoms with Crippen LogP contribution in [0.15, 0.2) is 0 Å². The number of hydrogen-bond acceptors (Lipinski definition) is 2. The Hall–Kier alpha value is -0.290. The molecule has 66 valence electrons. The first-order chi connectivity index (χ1) is 5.08. The van der Waals surface area contributed by atoms with Gasteiger partial charge in [-0.2, -0.15) is 13.2 Å². The second-order valence-corrected chi connectivity index (χ2v) is 2.51. The van der Waals surface area contributed by atoms with Crippen LogP contribution < -0.4 is 5.32 Å². The van der Waals surface area contributed by atoms with Crippen LogP contribution in [0.5, 0.6) is 0 Å². The van der Waals surface area contributed by atoms with E-state index < -0.39 is 19.0 Å². The van der Waals surface area contributed by atoms with E-state index in [1.54, 1.807) is 0 Å². The molecule has 0 aliphatic carbocycles. The van der Waals surface area contributed by atoms with Gasteiger partial charge in [-0.1, -0.05) is 0 Å². The average Bonchev–Trinajstić information content (AvgIpc) is 2.32. The summed E-state index contributed by atoms with van der Waals surface area (Å²) in [5.41, 5.74) is 0. The Morgan fingerprint density at radius 3 is 2.64 bits per heavy atom. The number of nitrogens with one attached hydrogen (secondary N) is 1. The lowest BCUT2D eigenvalue weighted by Crippen LogP contribution is -2.29. The van der Waals surface area contributed by atoms with Crippen molar-refractivity contribution in [3.05, 3.63) is 0 Å². The van der Waals surface area contributed by atoms with Crippen LogP contribution in [0.1, 0.15) is 12.8 Å². The zero-order chi connectivity index (χ0) is 8.32.